The van der Waals surface area contributed by atoms with E-state index in [2.05, 4.69) is 15.5 Å². The van der Waals surface area contributed by atoms with E-state index in [9.17, 15) is 14.9 Å². The van der Waals surface area contributed by atoms with Gasteiger partial charge in [-0.2, -0.15) is 0 Å². The Labute approximate surface area is 220 Å². The Morgan fingerprint density at radius 3 is 2.16 bits per heavy atom. The van der Waals surface area contributed by atoms with Gasteiger partial charge in [-0.25, -0.2) is 0 Å². The average Bonchev–Trinajstić information content (AvgIpc) is 3.32. The van der Waals surface area contributed by atoms with Gasteiger partial charge in [0.1, 0.15) is 0 Å². The van der Waals surface area contributed by atoms with Crippen molar-refractivity contribution in [2.45, 2.75) is 43.6 Å². The van der Waals surface area contributed by atoms with Crippen molar-refractivity contribution in [3.8, 4) is 5.69 Å². The number of rotatable bonds is 11. The minimum absolute atomic E-state index is 0.00272. The van der Waals surface area contributed by atoms with E-state index in [1.165, 1.54) is 23.9 Å². The highest BCUT2D eigenvalue weighted by Crippen LogP contribution is 2.30. The highest BCUT2D eigenvalue weighted by Gasteiger charge is 2.25. The number of non-ortho nitro benzene ring substituents is 1. The van der Waals surface area contributed by atoms with Crippen molar-refractivity contribution in [3.63, 3.8) is 0 Å². The molecule has 4 rings (SSSR count). The van der Waals surface area contributed by atoms with Gasteiger partial charge in [0.25, 0.3) is 5.69 Å². The number of nitro groups is 1. The summed E-state index contributed by atoms with van der Waals surface area (Å²) < 4.78 is 1.89. The zero-order valence-corrected chi connectivity index (χ0v) is 21.6. The van der Waals surface area contributed by atoms with Crippen molar-refractivity contribution in [2.24, 2.45) is 5.92 Å². The predicted octanol–water partition coefficient (Wildman–Crippen LogP) is 5.91. The van der Waals surface area contributed by atoms with Crippen LogP contribution < -0.4 is 5.32 Å². The van der Waals surface area contributed by atoms with Crippen LogP contribution in [0, 0.1) is 16.0 Å². The van der Waals surface area contributed by atoms with Crippen molar-refractivity contribution in [3.05, 3.63) is 112 Å². The van der Waals surface area contributed by atoms with Crippen LogP contribution in [0.1, 0.15) is 43.3 Å². The molecule has 0 fully saturated rings. The lowest BCUT2D eigenvalue weighted by atomic mass is 10.0. The Kier molecular flexibility index (Phi) is 8.68. The molecule has 0 spiro atoms. The van der Waals surface area contributed by atoms with Gasteiger partial charge in [0.15, 0.2) is 11.0 Å². The second-order valence-electron chi connectivity index (χ2n) is 9.13. The second-order valence-corrected chi connectivity index (χ2v) is 10.1. The highest BCUT2D eigenvalue weighted by molar-refractivity contribution is 7.98. The Bertz CT molecular complexity index is 1330. The third-order valence-corrected chi connectivity index (χ3v) is 6.71. The number of hydrogen-bond donors (Lipinski definition) is 1. The van der Waals surface area contributed by atoms with Crippen LogP contribution in [0.2, 0.25) is 0 Å². The third kappa shape index (κ3) is 7.04. The molecule has 3 aromatic carbocycles. The molecule has 1 atom stereocenters. The van der Waals surface area contributed by atoms with Crippen LogP contribution in [0.25, 0.3) is 5.69 Å². The first-order chi connectivity index (χ1) is 17.9. The van der Waals surface area contributed by atoms with E-state index in [0.717, 1.165) is 11.1 Å². The zero-order valence-electron chi connectivity index (χ0n) is 20.8. The molecule has 8 nitrogen and oxygen atoms in total. The molecule has 0 saturated heterocycles. The van der Waals surface area contributed by atoms with Gasteiger partial charge < -0.3 is 5.32 Å². The summed E-state index contributed by atoms with van der Waals surface area (Å²) in [7, 11) is 0. The first-order valence-corrected chi connectivity index (χ1v) is 13.1. The average molecular weight is 516 g/mol. The Balaban J connectivity index is 1.74. The summed E-state index contributed by atoms with van der Waals surface area (Å²) in [4.78, 5) is 23.7. The fourth-order valence-electron chi connectivity index (χ4n) is 3.97. The summed E-state index contributed by atoms with van der Waals surface area (Å²) in [5.74, 6) is 1.40. The van der Waals surface area contributed by atoms with E-state index in [1.54, 1.807) is 12.1 Å². The molecule has 0 aliphatic carbocycles. The fraction of sp³-hybridized carbons (Fsp3) is 0.250. The number of carbonyl (C=O) groups is 1. The van der Waals surface area contributed by atoms with Gasteiger partial charge in [-0.15, -0.1) is 10.2 Å². The number of benzene rings is 3. The van der Waals surface area contributed by atoms with Crippen LogP contribution in [0.15, 0.2) is 90.1 Å². The maximum Gasteiger partial charge on any atom is 0.269 e. The van der Waals surface area contributed by atoms with Crippen molar-refractivity contribution in [2.75, 3.05) is 0 Å². The Morgan fingerprint density at radius 1 is 0.946 bits per heavy atom. The minimum Gasteiger partial charge on any atom is -0.346 e. The van der Waals surface area contributed by atoms with E-state index >= 15 is 0 Å². The number of amides is 1. The smallest absolute Gasteiger partial charge is 0.269 e. The van der Waals surface area contributed by atoms with Crippen molar-refractivity contribution in [1.29, 1.82) is 0 Å². The first kappa shape index (κ1) is 26.1. The van der Waals surface area contributed by atoms with Crippen LogP contribution in [0.4, 0.5) is 5.69 Å². The van der Waals surface area contributed by atoms with Crippen molar-refractivity contribution in [1.82, 2.24) is 20.1 Å². The maximum absolute atomic E-state index is 12.9. The third-order valence-electron chi connectivity index (χ3n) is 5.71. The molecule has 1 heterocycles. The molecule has 1 amide bonds. The quantitative estimate of drug-likeness (QED) is 0.151. The number of carbonyl (C=O) groups excluding carboxylic acids is 1. The SMILES string of the molecule is CC(C)CC(=O)NC(Cc1ccccc1)c1nnc(SCc2ccccc2)n1-c1ccc([N+](=O)[O-])cc1. The molecular weight excluding hydrogens is 486 g/mol. The van der Waals surface area contributed by atoms with Crippen LogP contribution in [-0.4, -0.2) is 25.6 Å². The first-order valence-electron chi connectivity index (χ1n) is 12.1. The molecule has 9 heteroatoms. The summed E-state index contributed by atoms with van der Waals surface area (Å²) in [6.07, 6.45) is 0.922. The van der Waals surface area contributed by atoms with Gasteiger partial charge in [0.05, 0.1) is 11.0 Å². The number of hydrogen-bond acceptors (Lipinski definition) is 6. The lowest BCUT2D eigenvalue weighted by molar-refractivity contribution is -0.384. The maximum atomic E-state index is 12.9. The summed E-state index contributed by atoms with van der Waals surface area (Å²) in [5, 5.41) is 24.1. The Morgan fingerprint density at radius 2 is 1.57 bits per heavy atom. The monoisotopic (exact) mass is 515 g/mol. The highest BCUT2D eigenvalue weighted by atomic mass is 32.2. The number of nitrogens with one attached hydrogen (secondary N) is 1. The van der Waals surface area contributed by atoms with Gasteiger partial charge in [-0.1, -0.05) is 86.3 Å². The van der Waals surface area contributed by atoms with Gasteiger partial charge in [-0.05, 0) is 35.6 Å². The van der Waals surface area contributed by atoms with E-state index in [0.29, 0.717) is 35.3 Å². The van der Waals surface area contributed by atoms with Crippen LogP contribution >= 0.6 is 11.8 Å². The summed E-state index contributed by atoms with van der Waals surface area (Å²) in [6.45, 7) is 4.01. The van der Waals surface area contributed by atoms with E-state index in [1.807, 2.05) is 79.1 Å². The van der Waals surface area contributed by atoms with Gasteiger partial charge in [0.2, 0.25) is 5.91 Å². The molecule has 0 aliphatic heterocycles. The number of nitro benzene ring substituents is 1. The van der Waals surface area contributed by atoms with Crippen molar-refractivity contribution < 1.29 is 9.72 Å². The van der Waals surface area contributed by atoms with E-state index in [4.69, 9.17) is 0 Å². The van der Waals surface area contributed by atoms with E-state index in [-0.39, 0.29) is 17.5 Å². The zero-order chi connectivity index (χ0) is 26.2. The van der Waals surface area contributed by atoms with Crippen LogP contribution in [0.3, 0.4) is 0 Å². The minimum atomic E-state index is -0.442. The molecule has 0 bridgehead atoms. The standard InChI is InChI=1S/C28H29N5O3S/c1-20(2)17-26(34)29-25(18-21-9-5-3-6-10-21)27-30-31-28(37-19-22-11-7-4-8-12-22)32(27)23-13-15-24(16-14-23)33(35)36/h3-16,20,25H,17-19H2,1-2H3,(H,29,34). The Hall–Kier alpha value is -3.98. The molecule has 1 unspecified atom stereocenters. The fourth-order valence-corrected chi connectivity index (χ4v) is 4.88. The normalized spacial score (nSPS) is 11.9. The summed E-state index contributed by atoms with van der Waals surface area (Å²) in [5.41, 5.74) is 2.88. The topological polar surface area (TPSA) is 103 Å². The van der Waals surface area contributed by atoms with Gasteiger partial charge >= 0.3 is 0 Å². The van der Waals surface area contributed by atoms with E-state index < -0.39 is 11.0 Å². The molecule has 1 N–H and O–H groups in total. The van der Waals surface area contributed by atoms with Gasteiger partial charge in [0, 0.05) is 30.0 Å². The molecular formula is C28H29N5O3S. The lowest BCUT2D eigenvalue weighted by Crippen LogP contribution is -2.32. The molecule has 4 aromatic rings. The number of nitrogens with zero attached hydrogens (tertiary/aromatic N) is 4. The second kappa shape index (κ2) is 12.3. The molecule has 0 saturated carbocycles. The number of aromatic nitrogens is 3. The lowest BCUT2D eigenvalue weighted by Gasteiger charge is -2.21. The summed E-state index contributed by atoms with van der Waals surface area (Å²) in [6, 6.07) is 25.8. The molecule has 1 aromatic heterocycles. The van der Waals surface area contributed by atoms with Crippen LogP contribution in [-0.2, 0) is 17.0 Å². The molecule has 0 aliphatic rings. The van der Waals surface area contributed by atoms with Crippen LogP contribution in [0.5, 0.6) is 0 Å². The summed E-state index contributed by atoms with van der Waals surface area (Å²) >= 11 is 1.52. The molecule has 190 valence electrons. The van der Waals surface area contributed by atoms with Gasteiger partial charge in [-0.3, -0.25) is 19.5 Å². The number of thioether (sulfide) groups is 1. The molecule has 37 heavy (non-hydrogen) atoms. The largest absolute Gasteiger partial charge is 0.346 e. The predicted molar refractivity (Wildman–Crippen MR) is 145 cm³/mol. The van der Waals surface area contributed by atoms with Crippen molar-refractivity contribution >= 4 is 23.4 Å². The molecule has 0 radical (unpaired) electrons.